The van der Waals surface area contributed by atoms with Gasteiger partial charge in [-0.15, -0.1) is 0 Å². The van der Waals surface area contributed by atoms with Gasteiger partial charge >= 0.3 is 0 Å². The van der Waals surface area contributed by atoms with Gasteiger partial charge in [-0.2, -0.15) is 0 Å². The summed E-state index contributed by atoms with van der Waals surface area (Å²) in [6.07, 6.45) is 3.70. The van der Waals surface area contributed by atoms with Crippen molar-refractivity contribution in [2.24, 2.45) is 5.92 Å². The van der Waals surface area contributed by atoms with Crippen LogP contribution in [0.1, 0.15) is 24.1 Å². The molecule has 0 amide bonds. The number of halogens is 2. The van der Waals surface area contributed by atoms with Gasteiger partial charge in [-0.3, -0.25) is 0 Å². The second-order valence-corrected chi connectivity index (χ2v) is 7.55. The van der Waals surface area contributed by atoms with Crippen molar-refractivity contribution in [1.82, 2.24) is 4.57 Å². The van der Waals surface area contributed by atoms with Crippen molar-refractivity contribution in [3.8, 4) is 0 Å². The van der Waals surface area contributed by atoms with Crippen LogP contribution >= 0.6 is 27.5 Å². The van der Waals surface area contributed by atoms with Gasteiger partial charge in [0.05, 0.1) is 0 Å². The van der Waals surface area contributed by atoms with Gasteiger partial charge in [0, 0.05) is 39.1 Å². The van der Waals surface area contributed by atoms with E-state index in [-0.39, 0.29) is 0 Å². The van der Waals surface area contributed by atoms with Crippen LogP contribution in [0.3, 0.4) is 0 Å². The molecule has 112 valence electrons. The molecular formula is C19H17BrClN. The number of hydrogen-bond donors (Lipinski definition) is 0. The van der Waals surface area contributed by atoms with Crippen molar-refractivity contribution in [2.45, 2.75) is 25.8 Å². The molecular weight excluding hydrogens is 358 g/mol. The Bertz CT molecular complexity index is 815. The minimum absolute atomic E-state index is 0.811. The molecule has 0 atom stereocenters. The van der Waals surface area contributed by atoms with Gasteiger partial charge in [0.2, 0.25) is 0 Å². The Morgan fingerprint density at radius 1 is 1.05 bits per heavy atom. The molecule has 2 aromatic carbocycles. The van der Waals surface area contributed by atoms with Crippen LogP contribution in [0.25, 0.3) is 10.9 Å². The summed E-state index contributed by atoms with van der Waals surface area (Å²) in [6, 6.07) is 17.1. The largest absolute Gasteiger partial charge is 0.344 e. The van der Waals surface area contributed by atoms with Crippen molar-refractivity contribution in [3.05, 3.63) is 69.3 Å². The molecule has 1 fully saturated rings. The molecule has 4 rings (SSSR count). The fourth-order valence-corrected chi connectivity index (χ4v) is 3.48. The minimum Gasteiger partial charge on any atom is -0.344 e. The van der Waals surface area contributed by atoms with E-state index >= 15 is 0 Å². The maximum absolute atomic E-state index is 6.16. The number of aromatic nitrogens is 1. The first-order valence-corrected chi connectivity index (χ1v) is 8.88. The van der Waals surface area contributed by atoms with Crippen LogP contribution in [0.4, 0.5) is 0 Å². The number of rotatable bonds is 4. The third-order valence-corrected chi connectivity index (χ3v) is 5.15. The lowest BCUT2D eigenvalue weighted by atomic mass is 10.1. The van der Waals surface area contributed by atoms with E-state index in [1.807, 2.05) is 6.07 Å². The van der Waals surface area contributed by atoms with Crippen LogP contribution in [0.5, 0.6) is 0 Å². The van der Waals surface area contributed by atoms with Crippen LogP contribution in [0.15, 0.2) is 53.0 Å². The van der Waals surface area contributed by atoms with Gasteiger partial charge in [0.25, 0.3) is 0 Å². The van der Waals surface area contributed by atoms with Gasteiger partial charge in [0.15, 0.2) is 0 Å². The monoisotopic (exact) mass is 373 g/mol. The van der Waals surface area contributed by atoms with Crippen LogP contribution < -0.4 is 0 Å². The van der Waals surface area contributed by atoms with Gasteiger partial charge in [-0.25, -0.2) is 0 Å². The molecule has 3 aromatic rings. The lowest BCUT2D eigenvalue weighted by Gasteiger charge is -2.10. The summed E-state index contributed by atoms with van der Waals surface area (Å²) < 4.78 is 3.62. The predicted octanol–water partition coefficient (Wildman–Crippen LogP) is 6.06. The second-order valence-electron chi connectivity index (χ2n) is 6.20. The van der Waals surface area contributed by atoms with Gasteiger partial charge in [-0.05, 0) is 60.7 Å². The van der Waals surface area contributed by atoms with Crippen molar-refractivity contribution < 1.29 is 0 Å². The number of benzene rings is 2. The summed E-state index contributed by atoms with van der Waals surface area (Å²) in [7, 11) is 0. The Labute approximate surface area is 144 Å². The van der Waals surface area contributed by atoms with Gasteiger partial charge in [0.1, 0.15) is 0 Å². The molecule has 1 nitrogen and oxygen atoms in total. The topological polar surface area (TPSA) is 4.93 Å². The quantitative estimate of drug-likeness (QED) is 0.523. The normalized spacial score (nSPS) is 14.6. The zero-order chi connectivity index (χ0) is 15.1. The van der Waals surface area contributed by atoms with Crippen LogP contribution in [0, 0.1) is 5.92 Å². The number of fused-ring (bicyclic) bond motifs is 1. The molecule has 1 saturated carbocycles. The molecule has 0 aliphatic heterocycles. The van der Waals surface area contributed by atoms with E-state index in [4.69, 9.17) is 11.6 Å². The summed E-state index contributed by atoms with van der Waals surface area (Å²) in [4.78, 5) is 0. The van der Waals surface area contributed by atoms with E-state index in [1.54, 1.807) is 0 Å². The van der Waals surface area contributed by atoms with Crippen molar-refractivity contribution in [2.75, 3.05) is 0 Å². The first-order valence-electron chi connectivity index (χ1n) is 7.71. The SMILES string of the molecule is Clc1ccc2c(c1)cc(Cc1ccc(Br)cc1)n2CC1CC1. The third kappa shape index (κ3) is 2.95. The summed E-state index contributed by atoms with van der Waals surface area (Å²) in [5.74, 6) is 0.856. The average Bonchev–Trinajstić information content (AvgIpc) is 3.25. The Balaban J connectivity index is 1.75. The Morgan fingerprint density at radius 3 is 2.55 bits per heavy atom. The van der Waals surface area contributed by atoms with Crippen molar-refractivity contribution in [3.63, 3.8) is 0 Å². The molecule has 0 spiro atoms. The molecule has 0 bridgehead atoms. The zero-order valence-electron chi connectivity index (χ0n) is 12.2. The molecule has 0 radical (unpaired) electrons. The maximum atomic E-state index is 6.16. The molecule has 3 heteroatoms. The number of nitrogens with zero attached hydrogens (tertiary/aromatic N) is 1. The third-order valence-electron chi connectivity index (χ3n) is 4.39. The lowest BCUT2D eigenvalue weighted by molar-refractivity contribution is 0.626. The van der Waals surface area contributed by atoms with Crippen molar-refractivity contribution >= 4 is 38.4 Å². The molecule has 0 N–H and O–H groups in total. The van der Waals surface area contributed by atoms with E-state index in [0.29, 0.717) is 0 Å². The smallest absolute Gasteiger partial charge is 0.0483 e. The molecule has 1 aliphatic carbocycles. The van der Waals surface area contributed by atoms with Crippen LogP contribution in [-0.4, -0.2) is 4.57 Å². The van der Waals surface area contributed by atoms with Gasteiger partial charge < -0.3 is 4.57 Å². The fraction of sp³-hybridized carbons (Fsp3) is 0.263. The van der Waals surface area contributed by atoms with E-state index in [1.165, 1.54) is 35.0 Å². The predicted molar refractivity (Wildman–Crippen MR) is 96.6 cm³/mol. The minimum atomic E-state index is 0.811. The zero-order valence-corrected chi connectivity index (χ0v) is 14.6. The summed E-state index contributed by atoms with van der Waals surface area (Å²) in [5, 5.41) is 2.06. The molecule has 1 heterocycles. The average molecular weight is 375 g/mol. The fourth-order valence-electron chi connectivity index (χ4n) is 3.03. The van der Waals surface area contributed by atoms with E-state index in [9.17, 15) is 0 Å². The van der Waals surface area contributed by atoms with E-state index < -0.39 is 0 Å². The first-order chi connectivity index (χ1) is 10.7. The molecule has 0 unspecified atom stereocenters. The van der Waals surface area contributed by atoms with Crippen LogP contribution in [0.2, 0.25) is 5.02 Å². The summed E-state index contributed by atoms with van der Waals surface area (Å²) in [5.41, 5.74) is 4.03. The number of hydrogen-bond acceptors (Lipinski definition) is 0. The highest BCUT2D eigenvalue weighted by Gasteiger charge is 2.23. The molecule has 1 aromatic heterocycles. The second kappa shape index (κ2) is 5.75. The van der Waals surface area contributed by atoms with Crippen LogP contribution in [-0.2, 0) is 13.0 Å². The van der Waals surface area contributed by atoms with Crippen molar-refractivity contribution in [1.29, 1.82) is 0 Å². The molecule has 0 saturated heterocycles. The van der Waals surface area contributed by atoms with Gasteiger partial charge in [-0.1, -0.05) is 39.7 Å². The highest BCUT2D eigenvalue weighted by molar-refractivity contribution is 9.10. The molecule has 22 heavy (non-hydrogen) atoms. The Kier molecular flexibility index (Phi) is 3.75. The summed E-state index contributed by atoms with van der Waals surface area (Å²) >= 11 is 9.66. The molecule has 1 aliphatic rings. The lowest BCUT2D eigenvalue weighted by Crippen LogP contribution is -2.05. The standard InChI is InChI=1S/C19H17BrClN/c20-16-5-3-13(4-6-16)9-18-11-15-10-17(21)7-8-19(15)22(18)12-14-1-2-14/h3-8,10-11,14H,1-2,9,12H2. The Morgan fingerprint density at radius 2 is 1.82 bits per heavy atom. The van der Waals surface area contributed by atoms with E-state index in [2.05, 4.69) is 63.0 Å². The first kappa shape index (κ1) is 14.3. The Hall–Kier alpha value is -1.25. The van der Waals surface area contributed by atoms with E-state index in [0.717, 1.165) is 28.4 Å². The highest BCUT2D eigenvalue weighted by Crippen LogP contribution is 2.34. The highest BCUT2D eigenvalue weighted by atomic mass is 79.9. The summed E-state index contributed by atoms with van der Waals surface area (Å²) in [6.45, 7) is 1.14. The maximum Gasteiger partial charge on any atom is 0.0483 e.